The summed E-state index contributed by atoms with van der Waals surface area (Å²) >= 11 is 0. The molecule has 0 fully saturated rings. The van der Waals surface area contributed by atoms with E-state index >= 15 is 0 Å². The summed E-state index contributed by atoms with van der Waals surface area (Å²) in [5.41, 5.74) is 1.36. The van der Waals surface area contributed by atoms with Gasteiger partial charge in [-0.1, -0.05) is 71.3 Å². The van der Waals surface area contributed by atoms with Gasteiger partial charge in [0, 0.05) is 24.4 Å². The molecular formula is C29H37F3N4O. The summed E-state index contributed by atoms with van der Waals surface area (Å²) in [6.07, 6.45) is 10.6. The van der Waals surface area contributed by atoms with Crippen LogP contribution in [0.5, 0.6) is 0 Å². The lowest BCUT2D eigenvalue weighted by atomic mass is 9.90. The van der Waals surface area contributed by atoms with Crippen molar-refractivity contribution in [2.45, 2.75) is 91.2 Å². The Morgan fingerprint density at radius 2 is 1.70 bits per heavy atom. The molecule has 1 unspecified atom stereocenters. The van der Waals surface area contributed by atoms with Crippen LogP contribution in [0.15, 0.2) is 43.0 Å². The summed E-state index contributed by atoms with van der Waals surface area (Å²) in [6, 6.07) is 4.98. The maximum absolute atomic E-state index is 13.5. The van der Waals surface area contributed by atoms with E-state index in [1.54, 1.807) is 25.4 Å². The van der Waals surface area contributed by atoms with Crippen molar-refractivity contribution >= 4 is 5.78 Å². The zero-order valence-electron chi connectivity index (χ0n) is 22.0. The van der Waals surface area contributed by atoms with Gasteiger partial charge in [-0.3, -0.25) is 4.79 Å². The lowest BCUT2D eigenvalue weighted by molar-refractivity contribution is -0.137. The highest BCUT2D eigenvalue weighted by Crippen LogP contribution is 2.33. The van der Waals surface area contributed by atoms with Gasteiger partial charge in [0.05, 0.1) is 22.5 Å². The van der Waals surface area contributed by atoms with Gasteiger partial charge in [0.1, 0.15) is 12.0 Å². The molecule has 0 aliphatic carbocycles. The van der Waals surface area contributed by atoms with Crippen molar-refractivity contribution < 1.29 is 18.0 Å². The Kier molecular flexibility index (Phi) is 10.4. The third-order valence-electron chi connectivity index (χ3n) is 6.83. The maximum atomic E-state index is 13.5. The Balaban J connectivity index is 1.84. The Bertz CT molecular complexity index is 1140. The molecule has 0 aliphatic rings. The summed E-state index contributed by atoms with van der Waals surface area (Å²) in [5, 5.41) is 4.57. The van der Waals surface area contributed by atoms with E-state index in [0.29, 0.717) is 34.9 Å². The molecule has 200 valence electrons. The molecule has 2 aromatic heterocycles. The molecule has 0 aliphatic heterocycles. The second kappa shape index (κ2) is 13.5. The Hall–Kier alpha value is -3.03. The number of Topliss-reactive ketones (excluding diaryl/α,β-unsaturated/α-hetero) is 1. The van der Waals surface area contributed by atoms with E-state index in [-0.39, 0.29) is 11.5 Å². The van der Waals surface area contributed by atoms with Crippen LogP contribution >= 0.6 is 0 Å². The first-order valence-electron chi connectivity index (χ1n) is 13.3. The quantitative estimate of drug-likeness (QED) is 0.160. The highest BCUT2D eigenvalue weighted by molar-refractivity contribution is 6.02. The molecule has 0 bridgehead atoms. The first-order chi connectivity index (χ1) is 17.8. The molecule has 0 N–H and O–H groups in total. The van der Waals surface area contributed by atoms with Gasteiger partial charge in [-0.15, -0.1) is 0 Å². The molecule has 0 spiro atoms. The molecule has 2 heterocycles. The molecule has 0 radical (unpaired) electrons. The summed E-state index contributed by atoms with van der Waals surface area (Å²) in [6.45, 7) is 6.13. The average molecular weight is 515 g/mol. The molecule has 3 aromatic rings. The molecular weight excluding hydrogens is 477 g/mol. The smallest absolute Gasteiger partial charge is 0.294 e. The van der Waals surface area contributed by atoms with Crippen molar-refractivity contribution in [2.75, 3.05) is 0 Å². The number of hydrogen-bond acceptors (Lipinski definition) is 4. The molecule has 1 atom stereocenters. The topological polar surface area (TPSA) is 60.7 Å². The highest BCUT2D eigenvalue weighted by Gasteiger charge is 2.31. The predicted octanol–water partition coefficient (Wildman–Crippen LogP) is 8.40. The first kappa shape index (κ1) is 28.5. The van der Waals surface area contributed by atoms with E-state index in [1.807, 2.05) is 0 Å². The van der Waals surface area contributed by atoms with Crippen molar-refractivity contribution in [1.29, 1.82) is 0 Å². The fourth-order valence-corrected chi connectivity index (χ4v) is 4.90. The molecule has 37 heavy (non-hydrogen) atoms. The first-order valence-corrected chi connectivity index (χ1v) is 13.3. The van der Waals surface area contributed by atoms with Crippen molar-refractivity contribution in [3.63, 3.8) is 0 Å². The lowest BCUT2D eigenvalue weighted by Crippen LogP contribution is -2.08. The fourth-order valence-electron chi connectivity index (χ4n) is 4.90. The number of benzene rings is 1. The van der Waals surface area contributed by atoms with Gasteiger partial charge in [0.2, 0.25) is 0 Å². The zero-order chi connectivity index (χ0) is 26.8. The van der Waals surface area contributed by atoms with Gasteiger partial charge in [-0.25, -0.2) is 14.6 Å². The largest absolute Gasteiger partial charge is 0.416 e. The van der Waals surface area contributed by atoms with Gasteiger partial charge in [-0.2, -0.15) is 18.3 Å². The van der Waals surface area contributed by atoms with Crippen molar-refractivity contribution in [2.24, 2.45) is 5.92 Å². The van der Waals surface area contributed by atoms with Crippen LogP contribution < -0.4 is 0 Å². The monoisotopic (exact) mass is 514 g/mol. The van der Waals surface area contributed by atoms with Gasteiger partial charge >= 0.3 is 6.18 Å². The molecule has 0 amide bonds. The summed E-state index contributed by atoms with van der Waals surface area (Å²) < 4.78 is 41.4. The summed E-state index contributed by atoms with van der Waals surface area (Å²) in [5.74, 6) is 0.557. The molecule has 8 heteroatoms. The number of halogens is 3. The number of unbranched alkanes of at least 4 members (excludes halogenated alkanes) is 3. The van der Waals surface area contributed by atoms with E-state index in [0.717, 1.165) is 31.4 Å². The number of aromatic nitrogens is 4. The Morgan fingerprint density at radius 3 is 2.38 bits per heavy atom. The van der Waals surface area contributed by atoms with Crippen LogP contribution in [0.25, 0.3) is 16.9 Å². The maximum Gasteiger partial charge on any atom is 0.416 e. The van der Waals surface area contributed by atoms with Crippen LogP contribution in [0.1, 0.15) is 99.7 Å². The number of nitrogens with zero attached hydrogens (tertiary/aromatic N) is 4. The van der Waals surface area contributed by atoms with Crippen molar-refractivity contribution in [3.8, 4) is 16.9 Å². The van der Waals surface area contributed by atoms with Crippen LogP contribution in [0.3, 0.4) is 0 Å². The number of carbonyl (C=O) groups excluding carboxylic acids is 1. The lowest BCUT2D eigenvalue weighted by Gasteiger charge is -2.16. The number of rotatable bonds is 14. The van der Waals surface area contributed by atoms with Gasteiger partial charge in [0.15, 0.2) is 5.78 Å². The number of carbonyl (C=O) groups is 1. The number of hydrogen-bond donors (Lipinski definition) is 0. The molecule has 5 nitrogen and oxygen atoms in total. The van der Waals surface area contributed by atoms with E-state index < -0.39 is 11.7 Å². The number of ketones is 1. The molecule has 0 saturated heterocycles. The van der Waals surface area contributed by atoms with Gasteiger partial charge in [0.25, 0.3) is 0 Å². The molecule has 1 aromatic carbocycles. The Labute approximate surface area is 217 Å². The van der Waals surface area contributed by atoms with Gasteiger partial charge < -0.3 is 0 Å². The van der Waals surface area contributed by atoms with Gasteiger partial charge in [-0.05, 0) is 37.5 Å². The summed E-state index contributed by atoms with van der Waals surface area (Å²) in [7, 11) is 0. The SMILES string of the molecule is CCCCCCC(CCC)CCCC(=O)c1c(-c2cncnc2)nn(-c2cccc(C(F)(F)F)c2)c1C. The van der Waals surface area contributed by atoms with E-state index in [1.165, 1.54) is 55.6 Å². The third kappa shape index (κ3) is 7.73. The van der Waals surface area contributed by atoms with Crippen LogP contribution in [-0.4, -0.2) is 25.5 Å². The van der Waals surface area contributed by atoms with Crippen LogP contribution in [0.2, 0.25) is 0 Å². The highest BCUT2D eigenvalue weighted by atomic mass is 19.4. The van der Waals surface area contributed by atoms with Crippen molar-refractivity contribution in [3.05, 3.63) is 59.8 Å². The summed E-state index contributed by atoms with van der Waals surface area (Å²) in [4.78, 5) is 21.6. The third-order valence-corrected chi connectivity index (χ3v) is 6.83. The predicted molar refractivity (Wildman–Crippen MR) is 140 cm³/mol. The normalized spacial score (nSPS) is 12.6. The average Bonchev–Trinajstić information content (AvgIpc) is 3.23. The fraction of sp³-hybridized carbons (Fsp3) is 0.517. The van der Waals surface area contributed by atoms with Crippen LogP contribution in [-0.2, 0) is 6.18 Å². The minimum Gasteiger partial charge on any atom is -0.294 e. The van der Waals surface area contributed by atoms with E-state index in [2.05, 4.69) is 28.9 Å². The standard InChI is InChI=1S/C29H37F3N4O/c1-4-6-7-8-12-22(11-5-2)13-9-16-26(37)27-21(3)36(35-28(27)23-18-33-20-34-19-23)25-15-10-14-24(17-25)29(30,31)32/h10,14-15,17-20,22H,4-9,11-13,16H2,1-3H3. The second-order valence-corrected chi connectivity index (χ2v) is 9.72. The minimum absolute atomic E-state index is 0.0594. The minimum atomic E-state index is -4.47. The van der Waals surface area contributed by atoms with E-state index in [9.17, 15) is 18.0 Å². The molecule has 3 rings (SSSR count). The second-order valence-electron chi connectivity index (χ2n) is 9.72. The Morgan fingerprint density at radius 1 is 0.973 bits per heavy atom. The van der Waals surface area contributed by atoms with Crippen LogP contribution in [0.4, 0.5) is 13.2 Å². The van der Waals surface area contributed by atoms with Crippen molar-refractivity contribution in [1.82, 2.24) is 19.7 Å². The van der Waals surface area contributed by atoms with Crippen LogP contribution in [0, 0.1) is 12.8 Å². The molecule has 0 saturated carbocycles. The number of alkyl halides is 3. The zero-order valence-corrected chi connectivity index (χ0v) is 22.0. The van der Waals surface area contributed by atoms with E-state index in [4.69, 9.17) is 0 Å².